The van der Waals surface area contributed by atoms with Gasteiger partial charge < -0.3 is 5.11 Å². The van der Waals surface area contributed by atoms with Gasteiger partial charge in [-0.3, -0.25) is 9.59 Å². The molecule has 0 spiro atoms. The summed E-state index contributed by atoms with van der Waals surface area (Å²) >= 11 is 0. The van der Waals surface area contributed by atoms with E-state index in [9.17, 15) is 9.59 Å². The monoisotopic (exact) mass is 374 g/mol. The molecule has 0 aromatic heterocycles. The Hall–Kier alpha value is -0.860. The van der Waals surface area contributed by atoms with E-state index < -0.39 is 5.97 Å². The molecule has 0 aromatic rings. The second-order valence-corrected chi connectivity index (χ2v) is 11.0. The average molecular weight is 375 g/mol. The van der Waals surface area contributed by atoms with Crippen LogP contribution in [0.15, 0.2) is 0 Å². The number of hydrogen-bond donors (Lipinski definition) is 1. The molecule has 3 heteroatoms. The zero-order chi connectivity index (χ0) is 19.4. The first kappa shape index (κ1) is 19.5. The molecule has 0 heterocycles. The van der Waals surface area contributed by atoms with Gasteiger partial charge in [-0.15, -0.1) is 0 Å². The van der Waals surface area contributed by atoms with Crippen LogP contribution < -0.4 is 0 Å². The molecular weight excluding hydrogens is 336 g/mol. The number of ketones is 1. The standard InChI is InChI=1S/C24H38O3/c1-15(4-9-22(26)27)19-7-8-20-18-6-5-16-14-17(25)10-12-23(16,2)21(18)11-13-24(19,20)3/h15-16,18-21H,4-14H2,1-3H3,(H,26,27)/t15?,16-,18?,19?,20?,21?,23+,24-/m1/s1. The van der Waals surface area contributed by atoms with Gasteiger partial charge in [0.1, 0.15) is 5.78 Å². The number of aliphatic carboxylic acids is 1. The van der Waals surface area contributed by atoms with Gasteiger partial charge in [-0.05, 0) is 97.7 Å². The Morgan fingerprint density at radius 2 is 1.81 bits per heavy atom. The molecule has 0 aliphatic heterocycles. The van der Waals surface area contributed by atoms with E-state index >= 15 is 0 Å². The van der Waals surface area contributed by atoms with Gasteiger partial charge in [0.2, 0.25) is 0 Å². The predicted molar refractivity (Wildman–Crippen MR) is 106 cm³/mol. The van der Waals surface area contributed by atoms with Crippen molar-refractivity contribution in [2.45, 2.75) is 91.4 Å². The number of carbonyl (C=O) groups excluding carboxylic acids is 1. The van der Waals surface area contributed by atoms with Crippen molar-refractivity contribution < 1.29 is 14.7 Å². The fraction of sp³-hybridized carbons (Fsp3) is 0.917. The second-order valence-electron chi connectivity index (χ2n) is 11.0. The Labute approximate surface area is 164 Å². The first-order chi connectivity index (χ1) is 12.8. The summed E-state index contributed by atoms with van der Waals surface area (Å²) in [4.78, 5) is 23.1. The Bertz CT molecular complexity index is 613. The maximum atomic E-state index is 12.0. The SMILES string of the molecule is CC(CCC(=O)O)C1CCC2C3CC[C@@H]4CC(=O)CC[C@]4(C)C3CC[C@]12C. The molecule has 0 amide bonds. The van der Waals surface area contributed by atoms with E-state index in [2.05, 4.69) is 20.8 Å². The van der Waals surface area contributed by atoms with Crippen LogP contribution in [-0.4, -0.2) is 16.9 Å². The molecule has 1 N–H and O–H groups in total. The smallest absolute Gasteiger partial charge is 0.303 e. The van der Waals surface area contributed by atoms with Gasteiger partial charge in [-0.2, -0.15) is 0 Å². The number of hydrogen-bond acceptors (Lipinski definition) is 2. The summed E-state index contributed by atoms with van der Waals surface area (Å²) in [6.07, 6.45) is 11.8. The van der Waals surface area contributed by atoms with Crippen LogP contribution in [0.4, 0.5) is 0 Å². The number of rotatable bonds is 4. The fourth-order valence-electron chi connectivity index (χ4n) is 8.57. The Balaban J connectivity index is 1.52. The third-order valence-electron chi connectivity index (χ3n) is 10.1. The number of fused-ring (bicyclic) bond motifs is 5. The lowest BCUT2D eigenvalue weighted by Crippen LogP contribution is -2.53. The van der Waals surface area contributed by atoms with Crippen LogP contribution >= 0.6 is 0 Å². The number of carbonyl (C=O) groups is 2. The molecule has 3 nitrogen and oxygen atoms in total. The van der Waals surface area contributed by atoms with Crippen molar-refractivity contribution in [3.05, 3.63) is 0 Å². The third-order valence-corrected chi connectivity index (χ3v) is 10.1. The molecule has 0 radical (unpaired) electrons. The summed E-state index contributed by atoms with van der Waals surface area (Å²) in [5.41, 5.74) is 0.804. The van der Waals surface area contributed by atoms with Gasteiger partial charge in [0.15, 0.2) is 0 Å². The molecule has 0 saturated heterocycles. The topological polar surface area (TPSA) is 54.4 Å². The Kier molecular flexibility index (Phi) is 4.96. The van der Waals surface area contributed by atoms with Crippen LogP contribution in [-0.2, 0) is 9.59 Å². The minimum absolute atomic E-state index is 0.318. The average Bonchev–Trinajstić information content (AvgIpc) is 2.97. The number of carboxylic acid groups (broad SMARTS) is 1. The van der Waals surface area contributed by atoms with Crippen molar-refractivity contribution in [3.8, 4) is 0 Å². The van der Waals surface area contributed by atoms with Crippen molar-refractivity contribution in [2.24, 2.45) is 46.3 Å². The molecule has 27 heavy (non-hydrogen) atoms. The molecule has 4 rings (SSSR count). The zero-order valence-electron chi connectivity index (χ0n) is 17.5. The number of carboxylic acids is 1. The summed E-state index contributed by atoms with van der Waals surface area (Å²) in [5, 5.41) is 9.09. The molecule has 4 saturated carbocycles. The Morgan fingerprint density at radius 3 is 2.56 bits per heavy atom. The lowest BCUT2D eigenvalue weighted by atomic mass is 9.44. The van der Waals surface area contributed by atoms with E-state index in [0.29, 0.717) is 40.8 Å². The molecule has 5 unspecified atom stereocenters. The molecule has 4 fully saturated rings. The first-order valence-corrected chi connectivity index (χ1v) is 11.5. The van der Waals surface area contributed by atoms with E-state index in [4.69, 9.17) is 5.11 Å². The molecule has 0 aromatic carbocycles. The predicted octanol–water partition coefficient (Wildman–Crippen LogP) is 5.72. The van der Waals surface area contributed by atoms with Gasteiger partial charge in [-0.1, -0.05) is 20.8 Å². The number of Topliss-reactive ketones (excluding diaryl/α,β-unsaturated/α-hetero) is 1. The normalized spacial score (nSPS) is 47.7. The zero-order valence-corrected chi connectivity index (χ0v) is 17.5. The van der Waals surface area contributed by atoms with E-state index in [-0.39, 0.29) is 0 Å². The minimum atomic E-state index is -0.650. The highest BCUT2D eigenvalue weighted by Gasteiger charge is 2.60. The van der Waals surface area contributed by atoms with Crippen LogP contribution in [0, 0.1) is 46.3 Å². The van der Waals surface area contributed by atoms with Crippen molar-refractivity contribution >= 4 is 11.8 Å². The van der Waals surface area contributed by atoms with Gasteiger partial charge in [0, 0.05) is 19.3 Å². The molecule has 4 aliphatic carbocycles. The maximum Gasteiger partial charge on any atom is 0.303 e. The van der Waals surface area contributed by atoms with Crippen molar-refractivity contribution in [3.63, 3.8) is 0 Å². The molecule has 0 bridgehead atoms. The van der Waals surface area contributed by atoms with Crippen molar-refractivity contribution in [2.75, 3.05) is 0 Å². The summed E-state index contributed by atoms with van der Waals surface area (Å²) < 4.78 is 0. The highest BCUT2D eigenvalue weighted by atomic mass is 16.4. The fourth-order valence-corrected chi connectivity index (χ4v) is 8.57. The van der Waals surface area contributed by atoms with Gasteiger partial charge in [0.05, 0.1) is 0 Å². The van der Waals surface area contributed by atoms with Crippen LogP contribution in [0.25, 0.3) is 0 Å². The van der Waals surface area contributed by atoms with Crippen LogP contribution in [0.2, 0.25) is 0 Å². The summed E-state index contributed by atoms with van der Waals surface area (Å²) in [7, 11) is 0. The van der Waals surface area contributed by atoms with E-state index in [1.807, 2.05) is 0 Å². The molecular formula is C24H38O3. The van der Waals surface area contributed by atoms with Crippen LogP contribution in [0.1, 0.15) is 91.4 Å². The van der Waals surface area contributed by atoms with Crippen molar-refractivity contribution in [1.29, 1.82) is 0 Å². The summed E-state index contributed by atoms with van der Waals surface area (Å²) in [6, 6.07) is 0. The molecule has 152 valence electrons. The first-order valence-electron chi connectivity index (χ1n) is 11.5. The lowest BCUT2D eigenvalue weighted by molar-refractivity contribution is -0.140. The van der Waals surface area contributed by atoms with Gasteiger partial charge in [-0.25, -0.2) is 0 Å². The van der Waals surface area contributed by atoms with E-state index in [1.54, 1.807) is 0 Å². The van der Waals surface area contributed by atoms with Crippen LogP contribution in [0.3, 0.4) is 0 Å². The second kappa shape index (κ2) is 6.88. The van der Waals surface area contributed by atoms with E-state index in [0.717, 1.165) is 43.4 Å². The summed E-state index contributed by atoms with van der Waals surface area (Å²) in [6.45, 7) is 7.37. The third kappa shape index (κ3) is 3.08. The lowest BCUT2D eigenvalue weighted by Gasteiger charge is -2.60. The largest absolute Gasteiger partial charge is 0.481 e. The summed E-state index contributed by atoms with van der Waals surface area (Å²) in [5.74, 6) is 4.19. The van der Waals surface area contributed by atoms with Gasteiger partial charge >= 0.3 is 5.97 Å². The van der Waals surface area contributed by atoms with E-state index in [1.165, 1.54) is 38.5 Å². The molecule has 4 aliphatic rings. The minimum Gasteiger partial charge on any atom is -0.481 e. The highest BCUT2D eigenvalue weighted by molar-refractivity contribution is 5.79. The quantitative estimate of drug-likeness (QED) is 0.685. The van der Waals surface area contributed by atoms with Crippen molar-refractivity contribution in [1.82, 2.24) is 0 Å². The maximum absolute atomic E-state index is 12.0. The van der Waals surface area contributed by atoms with Crippen LogP contribution in [0.5, 0.6) is 0 Å². The van der Waals surface area contributed by atoms with Gasteiger partial charge in [0.25, 0.3) is 0 Å². The Morgan fingerprint density at radius 1 is 1.07 bits per heavy atom. The molecule has 8 atom stereocenters. The highest BCUT2D eigenvalue weighted by Crippen LogP contribution is 2.68.